The third-order valence-corrected chi connectivity index (χ3v) is 2.06. The summed E-state index contributed by atoms with van der Waals surface area (Å²) < 4.78 is 4.91. The first-order valence-electron chi connectivity index (χ1n) is 3.80. The Hall–Kier alpha value is -1.62. The second kappa shape index (κ2) is 3.26. The van der Waals surface area contributed by atoms with Crippen LogP contribution in [0.2, 0.25) is 5.02 Å². The van der Waals surface area contributed by atoms with E-state index in [0.29, 0.717) is 21.8 Å². The van der Waals surface area contributed by atoms with Gasteiger partial charge < -0.3 is 4.74 Å². The summed E-state index contributed by atoms with van der Waals surface area (Å²) in [5.41, 5.74) is 0.0563. The number of nitrogens with one attached hydrogen (secondary N) is 1. The summed E-state index contributed by atoms with van der Waals surface area (Å²) >= 11 is 5.88. The van der Waals surface area contributed by atoms with Gasteiger partial charge in [0.05, 0.1) is 23.7 Å². The molecule has 0 saturated carbocycles. The average molecular weight is 212 g/mol. The van der Waals surface area contributed by atoms with Crippen molar-refractivity contribution in [3.63, 3.8) is 0 Å². The molecular weight excluding hydrogens is 206 g/mol. The molecule has 0 atom stereocenters. The predicted octanol–water partition coefficient (Wildman–Crippen LogP) is 0.980. The molecular formula is C8H6ClN3O2. The smallest absolute Gasteiger partial charge is 0.275 e. The number of hydrogen-bond donors (Lipinski definition) is 1. The normalized spacial score (nSPS) is 10.4. The van der Waals surface area contributed by atoms with Crippen LogP contribution in [0.3, 0.4) is 0 Å². The van der Waals surface area contributed by atoms with Crippen LogP contribution in [0.5, 0.6) is 5.88 Å². The van der Waals surface area contributed by atoms with Gasteiger partial charge in [0.1, 0.15) is 5.52 Å². The number of rotatable bonds is 1. The second-order valence-corrected chi connectivity index (χ2v) is 3.01. The monoisotopic (exact) mass is 211 g/mol. The van der Waals surface area contributed by atoms with E-state index in [2.05, 4.69) is 15.2 Å². The van der Waals surface area contributed by atoms with Gasteiger partial charge in [-0.3, -0.25) is 4.79 Å². The van der Waals surface area contributed by atoms with Gasteiger partial charge in [0.2, 0.25) is 5.88 Å². The van der Waals surface area contributed by atoms with E-state index in [1.165, 1.54) is 19.4 Å². The molecule has 1 N–H and O–H groups in total. The van der Waals surface area contributed by atoms with Crippen molar-refractivity contribution in [1.82, 2.24) is 15.2 Å². The van der Waals surface area contributed by atoms with Crippen LogP contribution in [0, 0.1) is 0 Å². The minimum absolute atomic E-state index is 0.301. The highest BCUT2D eigenvalue weighted by molar-refractivity contribution is 6.35. The molecule has 0 saturated heterocycles. The average Bonchev–Trinajstić information content (AvgIpc) is 2.17. The minimum atomic E-state index is -0.359. The van der Waals surface area contributed by atoms with Crippen molar-refractivity contribution in [1.29, 1.82) is 0 Å². The Bertz CT molecular complexity index is 538. The summed E-state index contributed by atoms with van der Waals surface area (Å²) in [6, 6.07) is 1.49. The highest BCUT2D eigenvalue weighted by atomic mass is 35.5. The molecule has 0 radical (unpaired) electrons. The molecule has 0 fully saturated rings. The van der Waals surface area contributed by atoms with Crippen molar-refractivity contribution in [2.24, 2.45) is 0 Å². The van der Waals surface area contributed by atoms with Crippen molar-refractivity contribution in [3.05, 3.63) is 27.6 Å². The van der Waals surface area contributed by atoms with E-state index < -0.39 is 0 Å². The first-order chi connectivity index (χ1) is 6.72. The van der Waals surface area contributed by atoms with Crippen LogP contribution >= 0.6 is 11.6 Å². The molecule has 6 heteroatoms. The van der Waals surface area contributed by atoms with Gasteiger partial charge in [0, 0.05) is 6.07 Å². The molecule has 2 heterocycles. The standard InChI is InChI=1S/C8H6ClN3O2/c1-14-6-2-4(9)7-5(11-6)3-10-12-8(7)13/h2-3H,1H3,(H,12,13). The van der Waals surface area contributed by atoms with E-state index >= 15 is 0 Å². The summed E-state index contributed by atoms with van der Waals surface area (Å²) in [4.78, 5) is 15.3. The number of aromatic nitrogens is 3. The van der Waals surface area contributed by atoms with Gasteiger partial charge in [-0.15, -0.1) is 0 Å². The van der Waals surface area contributed by atoms with Crippen LogP contribution in [0.15, 0.2) is 17.1 Å². The van der Waals surface area contributed by atoms with Crippen LogP contribution in [-0.4, -0.2) is 22.3 Å². The van der Waals surface area contributed by atoms with Crippen LogP contribution in [0.1, 0.15) is 0 Å². The maximum absolute atomic E-state index is 11.3. The van der Waals surface area contributed by atoms with Gasteiger partial charge in [-0.2, -0.15) is 5.10 Å². The molecule has 2 rings (SSSR count). The molecule has 14 heavy (non-hydrogen) atoms. The topological polar surface area (TPSA) is 67.9 Å². The maximum Gasteiger partial charge on any atom is 0.275 e. The Balaban J connectivity index is 2.90. The largest absolute Gasteiger partial charge is 0.481 e. The van der Waals surface area contributed by atoms with E-state index in [9.17, 15) is 4.79 Å². The molecule has 5 nitrogen and oxygen atoms in total. The molecule has 0 spiro atoms. The molecule has 0 aliphatic rings. The fourth-order valence-corrected chi connectivity index (χ4v) is 1.42. The lowest BCUT2D eigenvalue weighted by molar-refractivity contribution is 0.399. The van der Waals surface area contributed by atoms with Crippen molar-refractivity contribution in [2.75, 3.05) is 7.11 Å². The zero-order valence-corrected chi connectivity index (χ0v) is 8.00. The Morgan fingerprint density at radius 3 is 3.07 bits per heavy atom. The third kappa shape index (κ3) is 1.31. The maximum atomic E-state index is 11.3. The van der Waals surface area contributed by atoms with Gasteiger partial charge in [-0.25, -0.2) is 10.1 Å². The Morgan fingerprint density at radius 1 is 1.57 bits per heavy atom. The molecule has 0 unspecified atom stereocenters. The Kier molecular flexibility index (Phi) is 2.09. The van der Waals surface area contributed by atoms with Gasteiger partial charge in [0.15, 0.2) is 0 Å². The highest BCUT2D eigenvalue weighted by Gasteiger charge is 2.07. The summed E-state index contributed by atoms with van der Waals surface area (Å²) in [5.74, 6) is 0.356. The van der Waals surface area contributed by atoms with Crippen LogP contribution in [0.4, 0.5) is 0 Å². The van der Waals surface area contributed by atoms with E-state index in [0.717, 1.165) is 0 Å². The molecule has 0 bridgehead atoms. The summed E-state index contributed by atoms with van der Waals surface area (Å²) in [7, 11) is 1.48. The fraction of sp³-hybridized carbons (Fsp3) is 0.125. The van der Waals surface area contributed by atoms with Gasteiger partial charge >= 0.3 is 0 Å². The van der Waals surface area contributed by atoms with Crippen LogP contribution < -0.4 is 10.3 Å². The van der Waals surface area contributed by atoms with Crippen molar-refractivity contribution in [2.45, 2.75) is 0 Å². The van der Waals surface area contributed by atoms with Crippen LogP contribution in [-0.2, 0) is 0 Å². The first kappa shape index (κ1) is 8.96. The molecule has 0 aliphatic heterocycles. The lowest BCUT2D eigenvalue weighted by Crippen LogP contribution is -2.08. The van der Waals surface area contributed by atoms with Crippen molar-refractivity contribution in [3.8, 4) is 5.88 Å². The molecule has 0 aliphatic carbocycles. The number of nitrogens with zero attached hydrogens (tertiary/aromatic N) is 2. The fourth-order valence-electron chi connectivity index (χ4n) is 1.14. The predicted molar refractivity (Wildman–Crippen MR) is 51.7 cm³/mol. The van der Waals surface area contributed by atoms with Gasteiger partial charge in [-0.05, 0) is 0 Å². The zero-order valence-electron chi connectivity index (χ0n) is 7.24. The van der Waals surface area contributed by atoms with E-state index in [1.807, 2.05) is 0 Å². The molecule has 2 aromatic rings. The van der Waals surface area contributed by atoms with Crippen molar-refractivity contribution < 1.29 is 4.74 Å². The lowest BCUT2D eigenvalue weighted by Gasteiger charge is -2.01. The third-order valence-electron chi connectivity index (χ3n) is 1.76. The first-order valence-corrected chi connectivity index (χ1v) is 4.18. The molecule has 2 aromatic heterocycles. The number of ether oxygens (including phenoxy) is 1. The molecule has 72 valence electrons. The number of fused-ring (bicyclic) bond motifs is 1. The lowest BCUT2D eigenvalue weighted by atomic mass is 10.3. The second-order valence-electron chi connectivity index (χ2n) is 2.61. The van der Waals surface area contributed by atoms with E-state index in [4.69, 9.17) is 16.3 Å². The van der Waals surface area contributed by atoms with E-state index in [-0.39, 0.29) is 5.56 Å². The van der Waals surface area contributed by atoms with Gasteiger partial charge in [-0.1, -0.05) is 11.6 Å². The van der Waals surface area contributed by atoms with Crippen molar-refractivity contribution >= 4 is 22.5 Å². The number of hydrogen-bond acceptors (Lipinski definition) is 4. The highest BCUT2D eigenvalue weighted by Crippen LogP contribution is 2.22. The minimum Gasteiger partial charge on any atom is -0.481 e. The zero-order chi connectivity index (χ0) is 10.1. The van der Waals surface area contributed by atoms with Crippen LogP contribution in [0.25, 0.3) is 10.9 Å². The number of halogens is 1. The Labute approximate surface area is 83.7 Å². The number of methoxy groups -OCH3 is 1. The number of H-pyrrole nitrogens is 1. The van der Waals surface area contributed by atoms with E-state index in [1.54, 1.807) is 0 Å². The molecule has 0 amide bonds. The number of aromatic amines is 1. The quantitative estimate of drug-likeness (QED) is 0.764. The number of pyridine rings is 1. The van der Waals surface area contributed by atoms with Gasteiger partial charge in [0.25, 0.3) is 5.56 Å². The summed E-state index contributed by atoms with van der Waals surface area (Å²) in [5, 5.41) is 6.52. The summed E-state index contributed by atoms with van der Waals surface area (Å²) in [6.45, 7) is 0. The Morgan fingerprint density at radius 2 is 2.36 bits per heavy atom. The SMILES string of the molecule is COc1cc(Cl)c2c(=O)[nH]ncc2n1. The summed E-state index contributed by atoms with van der Waals surface area (Å²) in [6.07, 6.45) is 1.42. The molecule has 0 aromatic carbocycles.